The molecule has 29 heavy (non-hydrogen) atoms. The summed E-state index contributed by atoms with van der Waals surface area (Å²) in [5.74, 6) is -0.206. The van der Waals surface area contributed by atoms with Gasteiger partial charge >= 0.3 is 0 Å². The summed E-state index contributed by atoms with van der Waals surface area (Å²) in [6, 6.07) is 10.7. The zero-order valence-corrected chi connectivity index (χ0v) is 16.8. The minimum absolute atomic E-state index is 0.0191. The van der Waals surface area contributed by atoms with Crippen LogP contribution in [-0.4, -0.2) is 30.2 Å². The van der Waals surface area contributed by atoms with Crippen LogP contribution < -0.4 is 5.32 Å². The van der Waals surface area contributed by atoms with Crippen molar-refractivity contribution in [3.8, 4) is 11.4 Å². The maximum atomic E-state index is 13.7. The average Bonchev–Trinajstić information content (AvgIpc) is 3.18. The maximum absolute atomic E-state index is 13.7. The number of hydrogen-bond acceptors (Lipinski definition) is 6. The van der Waals surface area contributed by atoms with Gasteiger partial charge in [0.05, 0.1) is 10.6 Å². The smallest absolute Gasteiger partial charge is 0.227 e. The molecule has 0 radical (unpaired) electrons. The Morgan fingerprint density at radius 1 is 1.21 bits per heavy atom. The van der Waals surface area contributed by atoms with E-state index in [4.69, 9.17) is 4.52 Å². The van der Waals surface area contributed by atoms with Gasteiger partial charge in [-0.1, -0.05) is 30.3 Å². The normalized spacial score (nSPS) is 11.4. The van der Waals surface area contributed by atoms with Gasteiger partial charge in [-0.3, -0.25) is 4.79 Å². The Hall–Kier alpha value is -3.07. The molecule has 0 atom stereocenters. The second kappa shape index (κ2) is 8.52. The van der Waals surface area contributed by atoms with E-state index < -0.39 is 9.84 Å². The molecule has 2 aromatic carbocycles. The van der Waals surface area contributed by atoms with Crippen molar-refractivity contribution in [3.63, 3.8) is 0 Å². The lowest BCUT2D eigenvalue weighted by atomic mass is 10.1. The molecule has 0 aliphatic heterocycles. The number of anilines is 1. The fraction of sp³-hybridized carbons (Fsp3) is 0.250. The number of carbonyl (C=O) groups excluding carboxylic acids is 1. The number of aromatic nitrogens is 2. The zero-order chi connectivity index (χ0) is 21.0. The van der Waals surface area contributed by atoms with Gasteiger partial charge in [-0.15, -0.1) is 0 Å². The molecular weight excluding hydrogens is 397 g/mol. The topological polar surface area (TPSA) is 102 Å². The Morgan fingerprint density at radius 2 is 2.00 bits per heavy atom. The number of carbonyl (C=O) groups is 1. The minimum atomic E-state index is -3.35. The van der Waals surface area contributed by atoms with Crippen molar-refractivity contribution in [2.45, 2.75) is 31.6 Å². The number of hydrogen-bond donors (Lipinski definition) is 1. The van der Waals surface area contributed by atoms with E-state index in [9.17, 15) is 17.6 Å². The molecule has 0 unspecified atom stereocenters. The summed E-state index contributed by atoms with van der Waals surface area (Å²) in [4.78, 5) is 16.5. The van der Waals surface area contributed by atoms with Crippen molar-refractivity contribution in [2.75, 3.05) is 11.1 Å². The first-order valence-corrected chi connectivity index (χ1v) is 10.7. The first kappa shape index (κ1) is 20.7. The van der Waals surface area contributed by atoms with Gasteiger partial charge < -0.3 is 9.84 Å². The zero-order valence-electron chi connectivity index (χ0n) is 16.0. The summed E-state index contributed by atoms with van der Waals surface area (Å²) in [5.41, 5.74) is 1.40. The third kappa shape index (κ3) is 5.05. The predicted molar refractivity (Wildman–Crippen MR) is 106 cm³/mol. The molecule has 0 spiro atoms. The van der Waals surface area contributed by atoms with E-state index in [1.807, 2.05) is 0 Å². The Morgan fingerprint density at radius 3 is 2.72 bits per heavy atom. The molecule has 152 valence electrons. The predicted octanol–water partition coefficient (Wildman–Crippen LogP) is 3.55. The second-order valence-electron chi connectivity index (χ2n) is 6.46. The van der Waals surface area contributed by atoms with Crippen molar-refractivity contribution in [1.29, 1.82) is 0 Å². The minimum Gasteiger partial charge on any atom is -0.339 e. The Kier molecular flexibility index (Phi) is 6.07. The largest absolute Gasteiger partial charge is 0.339 e. The molecule has 0 saturated carbocycles. The van der Waals surface area contributed by atoms with Gasteiger partial charge in [-0.2, -0.15) is 4.98 Å². The van der Waals surface area contributed by atoms with Crippen LogP contribution in [0.5, 0.6) is 0 Å². The molecule has 1 heterocycles. The van der Waals surface area contributed by atoms with Crippen LogP contribution in [0, 0.1) is 12.7 Å². The SMILES string of the molecule is CCS(=O)(=O)c1cccc(NC(=O)CCc2nc(-c3ccc(C)c(F)c3)no2)c1. The van der Waals surface area contributed by atoms with Crippen LogP contribution in [0.2, 0.25) is 0 Å². The highest BCUT2D eigenvalue weighted by molar-refractivity contribution is 7.91. The van der Waals surface area contributed by atoms with Crippen molar-refractivity contribution in [1.82, 2.24) is 10.1 Å². The van der Waals surface area contributed by atoms with Crippen LogP contribution in [0.1, 0.15) is 24.8 Å². The quantitative estimate of drug-likeness (QED) is 0.631. The van der Waals surface area contributed by atoms with Gasteiger partial charge in [0, 0.05) is 24.1 Å². The highest BCUT2D eigenvalue weighted by Crippen LogP contribution is 2.20. The van der Waals surface area contributed by atoms with Crippen LogP contribution in [0.25, 0.3) is 11.4 Å². The van der Waals surface area contributed by atoms with Gasteiger partial charge in [0.1, 0.15) is 5.82 Å². The van der Waals surface area contributed by atoms with E-state index in [1.165, 1.54) is 18.2 Å². The molecule has 1 N–H and O–H groups in total. The molecule has 1 aromatic heterocycles. The number of halogens is 1. The van der Waals surface area contributed by atoms with E-state index in [0.29, 0.717) is 16.8 Å². The first-order chi connectivity index (χ1) is 13.8. The highest BCUT2D eigenvalue weighted by Gasteiger charge is 2.14. The van der Waals surface area contributed by atoms with Gasteiger partial charge in [-0.05, 0) is 36.8 Å². The summed E-state index contributed by atoms with van der Waals surface area (Å²) in [7, 11) is -3.35. The first-order valence-electron chi connectivity index (χ1n) is 9.00. The molecular formula is C20H20FN3O4S. The third-order valence-corrected chi connectivity index (χ3v) is 6.05. The lowest BCUT2D eigenvalue weighted by Gasteiger charge is -2.07. The monoisotopic (exact) mass is 417 g/mol. The number of rotatable bonds is 7. The van der Waals surface area contributed by atoms with Crippen LogP contribution >= 0.6 is 0 Å². The van der Waals surface area contributed by atoms with Crippen molar-refractivity contribution < 1.29 is 22.1 Å². The number of nitrogens with zero attached hydrogens (tertiary/aromatic N) is 2. The van der Waals surface area contributed by atoms with Gasteiger partial charge in [-0.25, -0.2) is 12.8 Å². The molecule has 0 aliphatic carbocycles. The fourth-order valence-electron chi connectivity index (χ4n) is 2.58. The van der Waals surface area contributed by atoms with Crippen LogP contribution in [-0.2, 0) is 21.1 Å². The summed E-state index contributed by atoms with van der Waals surface area (Å²) in [6.07, 6.45) is 0.259. The third-order valence-electron chi connectivity index (χ3n) is 4.32. The highest BCUT2D eigenvalue weighted by atomic mass is 32.2. The summed E-state index contributed by atoms with van der Waals surface area (Å²) >= 11 is 0. The average molecular weight is 417 g/mol. The lowest BCUT2D eigenvalue weighted by Crippen LogP contribution is -2.13. The van der Waals surface area contributed by atoms with Crippen LogP contribution in [0.15, 0.2) is 51.9 Å². The van der Waals surface area contributed by atoms with E-state index in [1.54, 1.807) is 38.1 Å². The molecule has 0 saturated heterocycles. The Bertz CT molecular complexity index is 1140. The molecule has 3 aromatic rings. The summed E-state index contributed by atoms with van der Waals surface area (Å²) < 4.78 is 42.7. The van der Waals surface area contributed by atoms with E-state index >= 15 is 0 Å². The fourth-order valence-corrected chi connectivity index (χ4v) is 3.51. The Balaban J connectivity index is 1.61. The maximum Gasteiger partial charge on any atom is 0.227 e. The van der Waals surface area contributed by atoms with Gasteiger partial charge in [0.15, 0.2) is 9.84 Å². The van der Waals surface area contributed by atoms with E-state index in [0.717, 1.165) is 0 Å². The molecule has 0 aliphatic rings. The number of sulfone groups is 1. The molecule has 3 rings (SSSR count). The van der Waals surface area contributed by atoms with Gasteiger partial charge in [0.25, 0.3) is 0 Å². The molecule has 7 nitrogen and oxygen atoms in total. The van der Waals surface area contributed by atoms with Crippen molar-refractivity contribution >= 4 is 21.4 Å². The second-order valence-corrected chi connectivity index (χ2v) is 8.73. The van der Waals surface area contributed by atoms with Crippen LogP contribution in [0.3, 0.4) is 0 Å². The van der Waals surface area contributed by atoms with E-state index in [2.05, 4.69) is 15.5 Å². The molecule has 1 amide bonds. The summed E-state index contributed by atoms with van der Waals surface area (Å²) in [6.45, 7) is 3.22. The lowest BCUT2D eigenvalue weighted by molar-refractivity contribution is -0.116. The standard InChI is InChI=1S/C20H20FN3O4S/c1-3-29(26,27)16-6-4-5-15(12-16)22-18(25)9-10-19-23-20(24-28-19)14-8-7-13(2)17(21)11-14/h4-8,11-12H,3,9-10H2,1-2H3,(H,22,25). The molecule has 9 heteroatoms. The number of aryl methyl sites for hydroxylation is 2. The Labute approximate surface area is 167 Å². The number of nitrogens with one attached hydrogen (secondary N) is 1. The number of amides is 1. The molecule has 0 fully saturated rings. The van der Waals surface area contributed by atoms with E-state index in [-0.39, 0.29) is 46.9 Å². The van der Waals surface area contributed by atoms with Crippen molar-refractivity contribution in [2.24, 2.45) is 0 Å². The summed E-state index contributed by atoms with van der Waals surface area (Å²) in [5, 5.41) is 6.47. The molecule has 0 bridgehead atoms. The van der Waals surface area contributed by atoms with Crippen LogP contribution in [0.4, 0.5) is 10.1 Å². The van der Waals surface area contributed by atoms with Gasteiger partial charge in [0.2, 0.25) is 17.6 Å². The number of benzene rings is 2. The van der Waals surface area contributed by atoms with Crippen molar-refractivity contribution in [3.05, 3.63) is 59.7 Å².